The maximum Gasteiger partial charge on any atom is 0.230 e. The molecular weight excluding hydrogens is 324 g/mol. The van der Waals surface area contributed by atoms with Gasteiger partial charge in [-0.2, -0.15) is 0 Å². The first-order chi connectivity index (χ1) is 12.5. The Morgan fingerprint density at radius 2 is 1.85 bits per heavy atom. The van der Waals surface area contributed by atoms with E-state index in [1.807, 2.05) is 20.2 Å². The Hall–Kier alpha value is -2.04. The Labute approximate surface area is 158 Å². The summed E-state index contributed by atoms with van der Waals surface area (Å²) in [6.45, 7) is 3.68. The second-order valence-electron chi connectivity index (χ2n) is 7.51. The molecule has 1 unspecified atom stereocenters. The van der Waals surface area contributed by atoms with Crippen molar-refractivity contribution in [2.24, 2.45) is 10.4 Å². The standard InChI is InChI=1S/C21H34N4O/c1-5-17(18-11-7-6-8-12-18)15-23-20(22-2)24-16-21(13-9-10-14-21)19(26)25(3)4/h6-8,11-12,17H,5,9-10,13-16H2,1-4H3,(H2,22,23,24). The number of amides is 1. The van der Waals surface area contributed by atoms with Gasteiger partial charge in [0.1, 0.15) is 0 Å². The largest absolute Gasteiger partial charge is 0.356 e. The molecule has 0 aromatic heterocycles. The van der Waals surface area contributed by atoms with Crippen LogP contribution in [0, 0.1) is 5.41 Å². The van der Waals surface area contributed by atoms with E-state index in [-0.39, 0.29) is 11.3 Å². The molecule has 0 bridgehead atoms. The van der Waals surface area contributed by atoms with E-state index in [9.17, 15) is 4.79 Å². The Balaban J connectivity index is 1.93. The first kappa shape index (κ1) is 20.3. The molecule has 2 N–H and O–H groups in total. The third-order valence-electron chi connectivity index (χ3n) is 5.52. The number of nitrogens with one attached hydrogen (secondary N) is 2. The summed E-state index contributed by atoms with van der Waals surface area (Å²) in [4.78, 5) is 18.8. The predicted octanol–water partition coefficient (Wildman–Crippen LogP) is 2.99. The van der Waals surface area contributed by atoms with E-state index in [0.717, 1.165) is 44.6 Å². The molecule has 0 aliphatic heterocycles. The monoisotopic (exact) mass is 358 g/mol. The zero-order chi connectivity index (χ0) is 19.0. The van der Waals surface area contributed by atoms with E-state index in [1.165, 1.54) is 5.56 Å². The van der Waals surface area contributed by atoms with Gasteiger partial charge < -0.3 is 15.5 Å². The van der Waals surface area contributed by atoms with Crippen molar-refractivity contribution in [1.29, 1.82) is 0 Å². The van der Waals surface area contributed by atoms with E-state index in [0.29, 0.717) is 12.5 Å². The molecule has 1 fully saturated rings. The van der Waals surface area contributed by atoms with Crippen molar-refractivity contribution in [3.63, 3.8) is 0 Å². The minimum Gasteiger partial charge on any atom is -0.356 e. The molecule has 1 atom stereocenters. The molecule has 0 spiro atoms. The third-order valence-corrected chi connectivity index (χ3v) is 5.52. The van der Waals surface area contributed by atoms with Crippen LogP contribution in [0.2, 0.25) is 0 Å². The number of hydrogen-bond acceptors (Lipinski definition) is 2. The minimum absolute atomic E-state index is 0.230. The van der Waals surface area contributed by atoms with Crippen LogP contribution >= 0.6 is 0 Å². The molecule has 5 nitrogen and oxygen atoms in total. The highest BCUT2D eigenvalue weighted by Gasteiger charge is 2.42. The lowest BCUT2D eigenvalue weighted by Gasteiger charge is -2.31. The smallest absolute Gasteiger partial charge is 0.230 e. The number of guanidine groups is 1. The molecule has 1 aliphatic carbocycles. The van der Waals surface area contributed by atoms with E-state index in [4.69, 9.17) is 0 Å². The second-order valence-corrected chi connectivity index (χ2v) is 7.51. The van der Waals surface area contributed by atoms with E-state index in [2.05, 4.69) is 46.8 Å². The first-order valence-electron chi connectivity index (χ1n) is 9.73. The molecule has 5 heteroatoms. The summed E-state index contributed by atoms with van der Waals surface area (Å²) < 4.78 is 0. The fourth-order valence-electron chi connectivity index (χ4n) is 3.91. The number of rotatable bonds is 7. The molecule has 1 saturated carbocycles. The molecule has 0 saturated heterocycles. The van der Waals surface area contributed by atoms with Crippen molar-refractivity contribution in [1.82, 2.24) is 15.5 Å². The molecule has 1 aliphatic rings. The lowest BCUT2D eigenvalue weighted by molar-refractivity contribution is -0.138. The number of carbonyl (C=O) groups is 1. The van der Waals surface area contributed by atoms with Gasteiger partial charge in [0.15, 0.2) is 5.96 Å². The van der Waals surface area contributed by atoms with Crippen LogP contribution in [0.5, 0.6) is 0 Å². The van der Waals surface area contributed by atoms with Crippen molar-refractivity contribution in [3.05, 3.63) is 35.9 Å². The number of benzene rings is 1. The lowest BCUT2D eigenvalue weighted by Crippen LogP contribution is -2.49. The van der Waals surface area contributed by atoms with Crippen LogP contribution in [-0.4, -0.2) is 51.0 Å². The molecule has 1 aromatic carbocycles. The van der Waals surface area contributed by atoms with Gasteiger partial charge in [-0.15, -0.1) is 0 Å². The number of nitrogens with zero attached hydrogens (tertiary/aromatic N) is 2. The van der Waals surface area contributed by atoms with E-state index >= 15 is 0 Å². The zero-order valence-electron chi connectivity index (χ0n) is 16.7. The van der Waals surface area contributed by atoms with Crippen LogP contribution in [0.15, 0.2) is 35.3 Å². The van der Waals surface area contributed by atoms with Crippen molar-refractivity contribution in [2.75, 3.05) is 34.2 Å². The zero-order valence-corrected chi connectivity index (χ0v) is 16.7. The lowest BCUT2D eigenvalue weighted by atomic mass is 9.84. The van der Waals surface area contributed by atoms with Crippen molar-refractivity contribution < 1.29 is 4.79 Å². The molecule has 2 rings (SSSR count). The maximum absolute atomic E-state index is 12.7. The predicted molar refractivity (Wildman–Crippen MR) is 108 cm³/mol. The normalized spacial score (nSPS) is 17.6. The Morgan fingerprint density at radius 1 is 1.19 bits per heavy atom. The van der Waals surface area contributed by atoms with Gasteiger partial charge >= 0.3 is 0 Å². The second kappa shape index (κ2) is 9.60. The minimum atomic E-state index is -0.287. The van der Waals surface area contributed by atoms with Gasteiger partial charge in [0.2, 0.25) is 5.91 Å². The summed E-state index contributed by atoms with van der Waals surface area (Å²) in [7, 11) is 5.48. The maximum atomic E-state index is 12.7. The van der Waals surface area contributed by atoms with Crippen LogP contribution < -0.4 is 10.6 Å². The summed E-state index contributed by atoms with van der Waals surface area (Å²) in [5, 5.41) is 6.85. The first-order valence-corrected chi connectivity index (χ1v) is 9.73. The molecule has 1 aromatic rings. The highest BCUT2D eigenvalue weighted by atomic mass is 16.2. The fourth-order valence-corrected chi connectivity index (χ4v) is 3.91. The van der Waals surface area contributed by atoms with Gasteiger partial charge in [-0.3, -0.25) is 9.79 Å². The fraction of sp³-hybridized carbons (Fsp3) is 0.619. The number of aliphatic imine (C=N–C) groups is 1. The number of carbonyl (C=O) groups excluding carboxylic acids is 1. The van der Waals surface area contributed by atoms with E-state index in [1.54, 1.807) is 11.9 Å². The Kier molecular flexibility index (Phi) is 7.49. The van der Waals surface area contributed by atoms with Crippen molar-refractivity contribution >= 4 is 11.9 Å². The highest BCUT2D eigenvalue weighted by molar-refractivity contribution is 5.85. The average molecular weight is 359 g/mol. The topological polar surface area (TPSA) is 56.7 Å². The third kappa shape index (κ3) is 4.99. The van der Waals surface area contributed by atoms with Gasteiger partial charge in [-0.05, 0) is 24.8 Å². The van der Waals surface area contributed by atoms with Gasteiger partial charge in [0.05, 0.1) is 5.41 Å². The molecular formula is C21H34N4O. The van der Waals surface area contributed by atoms with Gasteiger partial charge in [-0.25, -0.2) is 0 Å². The Bertz CT molecular complexity index is 591. The van der Waals surface area contributed by atoms with Crippen LogP contribution in [0.1, 0.15) is 50.5 Å². The summed E-state index contributed by atoms with van der Waals surface area (Å²) in [6.07, 6.45) is 5.22. The van der Waals surface area contributed by atoms with Crippen LogP contribution in [0.25, 0.3) is 0 Å². The number of hydrogen-bond donors (Lipinski definition) is 2. The molecule has 26 heavy (non-hydrogen) atoms. The van der Waals surface area contributed by atoms with E-state index < -0.39 is 0 Å². The van der Waals surface area contributed by atoms with Crippen LogP contribution in [-0.2, 0) is 4.79 Å². The van der Waals surface area contributed by atoms with Crippen LogP contribution in [0.4, 0.5) is 0 Å². The van der Waals surface area contributed by atoms with Gasteiger partial charge in [0.25, 0.3) is 0 Å². The summed E-state index contributed by atoms with van der Waals surface area (Å²) in [5.74, 6) is 1.45. The van der Waals surface area contributed by atoms with Crippen molar-refractivity contribution in [2.45, 2.75) is 44.9 Å². The average Bonchev–Trinajstić information content (AvgIpc) is 3.14. The van der Waals surface area contributed by atoms with Gasteiger partial charge in [0, 0.05) is 40.2 Å². The Morgan fingerprint density at radius 3 is 2.38 bits per heavy atom. The summed E-state index contributed by atoms with van der Waals surface area (Å²) in [5.41, 5.74) is 1.05. The SMILES string of the molecule is CCC(CNC(=NC)NCC1(C(=O)N(C)C)CCCC1)c1ccccc1. The highest BCUT2D eigenvalue weighted by Crippen LogP contribution is 2.38. The van der Waals surface area contributed by atoms with Crippen LogP contribution in [0.3, 0.4) is 0 Å². The molecule has 0 heterocycles. The summed E-state index contributed by atoms with van der Waals surface area (Å²) in [6, 6.07) is 10.6. The summed E-state index contributed by atoms with van der Waals surface area (Å²) >= 11 is 0. The van der Waals surface area contributed by atoms with Crippen molar-refractivity contribution in [3.8, 4) is 0 Å². The molecule has 144 valence electrons. The molecule has 0 radical (unpaired) electrons. The molecule has 1 amide bonds. The quantitative estimate of drug-likeness (QED) is 0.582. The van der Waals surface area contributed by atoms with Gasteiger partial charge in [-0.1, -0.05) is 50.1 Å².